The molecule has 7 heteroatoms. The van der Waals surface area contributed by atoms with Crippen molar-refractivity contribution in [2.75, 3.05) is 33.2 Å². The average molecular weight is 299 g/mol. The lowest BCUT2D eigenvalue weighted by atomic mass is 9.83. The lowest BCUT2D eigenvalue weighted by Crippen LogP contribution is -2.47. The molecule has 1 fully saturated rings. The predicted molar refractivity (Wildman–Crippen MR) is 77.9 cm³/mol. The van der Waals surface area contributed by atoms with E-state index in [-0.39, 0.29) is 25.0 Å². The Morgan fingerprint density at radius 2 is 2.00 bits per heavy atom. The van der Waals surface area contributed by atoms with E-state index in [1.807, 2.05) is 6.92 Å². The van der Waals surface area contributed by atoms with Crippen LogP contribution in [0, 0.1) is 5.41 Å². The Morgan fingerprint density at radius 1 is 1.33 bits per heavy atom. The number of likely N-dealkylation sites (N-methyl/N-ethyl adjacent to an activating group) is 2. The molecule has 1 unspecified atom stereocenters. The van der Waals surface area contributed by atoms with Crippen molar-refractivity contribution in [1.82, 2.24) is 15.1 Å². The van der Waals surface area contributed by atoms with Gasteiger partial charge in [0.05, 0.1) is 5.41 Å². The van der Waals surface area contributed by atoms with E-state index in [0.29, 0.717) is 25.9 Å². The van der Waals surface area contributed by atoms with Crippen molar-refractivity contribution >= 4 is 17.9 Å². The first-order valence-electron chi connectivity index (χ1n) is 7.38. The van der Waals surface area contributed by atoms with Crippen LogP contribution in [0.3, 0.4) is 0 Å². The minimum Gasteiger partial charge on any atom is -0.481 e. The smallest absolute Gasteiger partial charge is 0.320 e. The fourth-order valence-electron chi connectivity index (χ4n) is 2.77. The van der Waals surface area contributed by atoms with Crippen LogP contribution in [0.15, 0.2) is 0 Å². The van der Waals surface area contributed by atoms with E-state index in [1.165, 1.54) is 11.9 Å². The predicted octanol–water partition coefficient (Wildman–Crippen LogP) is 0.751. The number of amides is 3. The summed E-state index contributed by atoms with van der Waals surface area (Å²) < 4.78 is 0. The van der Waals surface area contributed by atoms with Crippen molar-refractivity contribution in [2.24, 2.45) is 5.41 Å². The Kier molecular flexibility index (Phi) is 5.99. The Hall–Kier alpha value is -1.79. The third kappa shape index (κ3) is 3.86. The van der Waals surface area contributed by atoms with Crippen LogP contribution in [0.1, 0.15) is 33.1 Å². The van der Waals surface area contributed by atoms with Crippen LogP contribution >= 0.6 is 0 Å². The van der Waals surface area contributed by atoms with Crippen LogP contribution in [0.4, 0.5) is 4.79 Å². The molecule has 0 aromatic rings. The topological polar surface area (TPSA) is 90.0 Å². The van der Waals surface area contributed by atoms with Gasteiger partial charge in [-0.25, -0.2) is 4.79 Å². The highest BCUT2D eigenvalue weighted by Crippen LogP contribution is 2.35. The molecule has 1 rings (SSSR count). The Bertz CT molecular complexity index is 413. The lowest BCUT2D eigenvalue weighted by molar-refractivity contribution is -0.148. The van der Waals surface area contributed by atoms with Crippen LogP contribution in [0.2, 0.25) is 0 Å². The molecule has 0 saturated carbocycles. The van der Waals surface area contributed by atoms with Gasteiger partial charge in [-0.3, -0.25) is 9.59 Å². The van der Waals surface area contributed by atoms with E-state index < -0.39 is 11.4 Å². The number of nitrogens with zero attached hydrogens (tertiary/aromatic N) is 2. The molecule has 1 saturated heterocycles. The normalized spacial score (nSPS) is 21.2. The maximum atomic E-state index is 12.4. The van der Waals surface area contributed by atoms with Gasteiger partial charge in [0.1, 0.15) is 6.54 Å². The first-order chi connectivity index (χ1) is 9.90. The van der Waals surface area contributed by atoms with Gasteiger partial charge in [-0.05, 0) is 19.8 Å². The Morgan fingerprint density at radius 3 is 2.48 bits per heavy atom. The maximum Gasteiger partial charge on any atom is 0.320 e. The van der Waals surface area contributed by atoms with Gasteiger partial charge in [-0.2, -0.15) is 0 Å². The first-order valence-corrected chi connectivity index (χ1v) is 7.38. The molecule has 21 heavy (non-hydrogen) atoms. The number of carbonyl (C=O) groups excluding carboxylic acids is 2. The molecule has 1 heterocycles. The summed E-state index contributed by atoms with van der Waals surface area (Å²) in [5, 5.41) is 11.9. The number of carboxylic acids is 1. The quantitative estimate of drug-likeness (QED) is 0.757. The SMILES string of the molecule is CCCC1(C(=O)O)CCN(C(=O)N(CC)CC(=O)NC)C1. The second-order valence-electron chi connectivity index (χ2n) is 5.48. The molecular weight excluding hydrogens is 274 g/mol. The van der Waals surface area contributed by atoms with Gasteiger partial charge in [0.2, 0.25) is 5.91 Å². The summed E-state index contributed by atoms with van der Waals surface area (Å²) in [7, 11) is 1.52. The van der Waals surface area contributed by atoms with Gasteiger partial charge in [0, 0.05) is 26.7 Å². The molecule has 2 N–H and O–H groups in total. The molecule has 1 aliphatic rings. The van der Waals surface area contributed by atoms with E-state index >= 15 is 0 Å². The van der Waals surface area contributed by atoms with Crippen molar-refractivity contribution < 1.29 is 19.5 Å². The summed E-state index contributed by atoms with van der Waals surface area (Å²) in [6.07, 6.45) is 1.80. The molecule has 1 atom stereocenters. The molecule has 120 valence electrons. The number of hydrogen-bond acceptors (Lipinski definition) is 3. The van der Waals surface area contributed by atoms with Gasteiger partial charge in [-0.1, -0.05) is 13.3 Å². The maximum absolute atomic E-state index is 12.4. The fraction of sp³-hybridized carbons (Fsp3) is 0.786. The summed E-state index contributed by atoms with van der Waals surface area (Å²) >= 11 is 0. The zero-order valence-electron chi connectivity index (χ0n) is 13.0. The Balaban J connectivity index is 2.75. The van der Waals surface area contributed by atoms with E-state index in [9.17, 15) is 19.5 Å². The van der Waals surface area contributed by atoms with Gasteiger partial charge >= 0.3 is 12.0 Å². The third-order valence-corrected chi connectivity index (χ3v) is 4.07. The molecule has 0 spiro atoms. The largest absolute Gasteiger partial charge is 0.481 e. The summed E-state index contributed by atoms with van der Waals surface area (Å²) in [6.45, 7) is 4.80. The van der Waals surface area contributed by atoms with Crippen LogP contribution in [0.25, 0.3) is 0 Å². The zero-order chi connectivity index (χ0) is 16.0. The molecule has 0 aliphatic carbocycles. The van der Waals surface area contributed by atoms with Crippen molar-refractivity contribution in [3.63, 3.8) is 0 Å². The molecule has 0 bridgehead atoms. The van der Waals surface area contributed by atoms with Crippen molar-refractivity contribution in [1.29, 1.82) is 0 Å². The van der Waals surface area contributed by atoms with Gasteiger partial charge in [-0.15, -0.1) is 0 Å². The van der Waals surface area contributed by atoms with E-state index in [0.717, 1.165) is 6.42 Å². The van der Waals surface area contributed by atoms with Crippen LogP contribution < -0.4 is 5.32 Å². The van der Waals surface area contributed by atoms with Crippen molar-refractivity contribution in [3.05, 3.63) is 0 Å². The standard InChI is InChI=1S/C14H25N3O4/c1-4-6-14(12(19)20)7-8-17(10-14)13(21)16(5-2)9-11(18)15-3/h4-10H2,1-3H3,(H,15,18)(H,19,20). The highest BCUT2D eigenvalue weighted by molar-refractivity contribution is 5.85. The molecule has 0 aromatic heterocycles. The number of likely N-dealkylation sites (tertiary alicyclic amines) is 1. The van der Waals surface area contributed by atoms with Crippen LogP contribution in [-0.4, -0.2) is 66.0 Å². The van der Waals surface area contributed by atoms with Crippen molar-refractivity contribution in [2.45, 2.75) is 33.1 Å². The fourth-order valence-corrected chi connectivity index (χ4v) is 2.77. The minimum absolute atomic E-state index is 0.00379. The molecular formula is C14H25N3O4. The minimum atomic E-state index is -0.839. The van der Waals surface area contributed by atoms with Crippen LogP contribution in [-0.2, 0) is 9.59 Å². The first kappa shape index (κ1) is 17.3. The third-order valence-electron chi connectivity index (χ3n) is 4.07. The number of hydrogen-bond donors (Lipinski definition) is 2. The molecule has 3 amide bonds. The van der Waals surface area contributed by atoms with E-state index in [1.54, 1.807) is 11.8 Å². The molecule has 1 aliphatic heterocycles. The van der Waals surface area contributed by atoms with E-state index in [2.05, 4.69) is 5.32 Å². The molecule has 7 nitrogen and oxygen atoms in total. The number of nitrogens with one attached hydrogen (secondary N) is 1. The number of carboxylic acid groups (broad SMARTS) is 1. The monoisotopic (exact) mass is 299 g/mol. The average Bonchev–Trinajstić information content (AvgIpc) is 2.89. The second kappa shape index (κ2) is 7.28. The molecule has 0 radical (unpaired) electrons. The highest BCUT2D eigenvalue weighted by atomic mass is 16.4. The number of rotatable bonds is 6. The highest BCUT2D eigenvalue weighted by Gasteiger charge is 2.46. The van der Waals surface area contributed by atoms with Gasteiger partial charge in [0.25, 0.3) is 0 Å². The second-order valence-corrected chi connectivity index (χ2v) is 5.48. The summed E-state index contributed by atoms with van der Waals surface area (Å²) in [5.41, 5.74) is -0.836. The number of urea groups is 1. The molecule has 0 aromatic carbocycles. The van der Waals surface area contributed by atoms with Crippen LogP contribution in [0.5, 0.6) is 0 Å². The van der Waals surface area contributed by atoms with Gasteiger partial charge in [0.15, 0.2) is 0 Å². The van der Waals surface area contributed by atoms with Gasteiger partial charge < -0.3 is 20.2 Å². The number of aliphatic carboxylic acids is 1. The summed E-state index contributed by atoms with van der Waals surface area (Å²) in [4.78, 5) is 38.4. The zero-order valence-corrected chi connectivity index (χ0v) is 13.0. The van der Waals surface area contributed by atoms with Crippen molar-refractivity contribution in [3.8, 4) is 0 Å². The lowest BCUT2D eigenvalue weighted by Gasteiger charge is -2.28. The van der Waals surface area contributed by atoms with E-state index in [4.69, 9.17) is 0 Å². The summed E-state index contributed by atoms with van der Waals surface area (Å²) in [5.74, 6) is -1.07. The number of carbonyl (C=O) groups is 3. The summed E-state index contributed by atoms with van der Waals surface area (Å²) in [6, 6.07) is -0.264. The Labute approximate surface area is 125 Å².